The van der Waals surface area contributed by atoms with Gasteiger partial charge in [0.05, 0.1) is 25.0 Å². The van der Waals surface area contributed by atoms with Crippen LogP contribution in [0.2, 0.25) is 0 Å². The van der Waals surface area contributed by atoms with Gasteiger partial charge in [-0.15, -0.1) is 0 Å². The SMILES string of the molecule is O=C(O)C[C@@H]1CN(C(=O)[C@H]2CC(=O)N(C3CCCCCC3)C2)CCO1. The summed E-state index contributed by atoms with van der Waals surface area (Å²) >= 11 is 0. The molecule has 0 aromatic carbocycles. The van der Waals surface area contributed by atoms with E-state index in [9.17, 15) is 14.4 Å². The highest BCUT2D eigenvalue weighted by atomic mass is 16.5. The van der Waals surface area contributed by atoms with E-state index in [4.69, 9.17) is 9.84 Å². The Morgan fingerprint density at radius 2 is 1.84 bits per heavy atom. The Balaban J connectivity index is 1.57. The highest BCUT2D eigenvalue weighted by Crippen LogP contribution is 2.29. The minimum Gasteiger partial charge on any atom is -0.481 e. The molecule has 1 N–H and O–H groups in total. The van der Waals surface area contributed by atoms with Gasteiger partial charge in [0.25, 0.3) is 0 Å². The van der Waals surface area contributed by atoms with Crippen molar-refractivity contribution in [1.82, 2.24) is 9.80 Å². The zero-order valence-corrected chi connectivity index (χ0v) is 14.7. The summed E-state index contributed by atoms with van der Waals surface area (Å²) in [5.41, 5.74) is 0. The van der Waals surface area contributed by atoms with Crippen molar-refractivity contribution < 1.29 is 24.2 Å². The summed E-state index contributed by atoms with van der Waals surface area (Å²) in [5.74, 6) is -1.14. The summed E-state index contributed by atoms with van der Waals surface area (Å²) in [7, 11) is 0. The number of nitrogens with zero attached hydrogens (tertiary/aromatic N) is 2. The number of carbonyl (C=O) groups is 3. The largest absolute Gasteiger partial charge is 0.481 e. The lowest BCUT2D eigenvalue weighted by molar-refractivity contribution is -0.149. The topological polar surface area (TPSA) is 87.2 Å². The van der Waals surface area contributed by atoms with Crippen molar-refractivity contribution >= 4 is 17.8 Å². The first-order valence-electron chi connectivity index (χ1n) is 9.46. The van der Waals surface area contributed by atoms with Gasteiger partial charge in [-0.2, -0.15) is 0 Å². The quantitative estimate of drug-likeness (QED) is 0.770. The molecule has 0 spiro atoms. The van der Waals surface area contributed by atoms with Crippen LogP contribution in [-0.2, 0) is 19.1 Å². The molecule has 0 aromatic rings. The number of ether oxygens (including phenoxy) is 1. The molecule has 3 fully saturated rings. The van der Waals surface area contributed by atoms with Gasteiger partial charge in [0, 0.05) is 32.1 Å². The van der Waals surface area contributed by atoms with Gasteiger partial charge in [-0.05, 0) is 12.8 Å². The molecule has 2 aliphatic heterocycles. The van der Waals surface area contributed by atoms with Gasteiger partial charge in [-0.25, -0.2) is 0 Å². The summed E-state index contributed by atoms with van der Waals surface area (Å²) in [4.78, 5) is 39.7. The molecule has 2 amide bonds. The molecule has 2 saturated heterocycles. The Hall–Kier alpha value is -1.63. The van der Waals surface area contributed by atoms with Gasteiger partial charge in [0.2, 0.25) is 11.8 Å². The van der Waals surface area contributed by atoms with Gasteiger partial charge in [0.1, 0.15) is 0 Å². The second-order valence-corrected chi connectivity index (χ2v) is 7.47. The number of carboxylic acid groups (broad SMARTS) is 1. The van der Waals surface area contributed by atoms with Gasteiger partial charge < -0.3 is 19.6 Å². The van der Waals surface area contributed by atoms with Crippen molar-refractivity contribution in [3.63, 3.8) is 0 Å². The average Bonchev–Trinajstić information content (AvgIpc) is 2.80. The van der Waals surface area contributed by atoms with Crippen molar-refractivity contribution in [3.05, 3.63) is 0 Å². The summed E-state index contributed by atoms with van der Waals surface area (Å²) in [6, 6.07) is 0.289. The van der Waals surface area contributed by atoms with Crippen LogP contribution in [0.5, 0.6) is 0 Å². The maximum Gasteiger partial charge on any atom is 0.306 e. The van der Waals surface area contributed by atoms with Crippen molar-refractivity contribution in [2.45, 2.75) is 63.5 Å². The van der Waals surface area contributed by atoms with E-state index >= 15 is 0 Å². The standard InChI is InChI=1S/C18H28N2O5/c21-16-9-13(11-20(16)14-5-3-1-2-4-6-14)18(24)19-7-8-25-15(12-19)10-17(22)23/h13-15H,1-12H2,(H,22,23)/t13-,15+/m0/s1. The fourth-order valence-corrected chi connectivity index (χ4v) is 4.32. The molecule has 140 valence electrons. The maximum absolute atomic E-state index is 12.8. The van der Waals surface area contributed by atoms with Crippen LogP contribution in [0.25, 0.3) is 0 Å². The molecule has 3 aliphatic rings. The minimum atomic E-state index is -0.921. The third kappa shape index (κ3) is 4.51. The summed E-state index contributed by atoms with van der Waals surface area (Å²) in [6.07, 6.45) is 6.62. The van der Waals surface area contributed by atoms with Crippen LogP contribution < -0.4 is 0 Å². The van der Waals surface area contributed by atoms with Crippen LogP contribution in [0.1, 0.15) is 51.4 Å². The number of aliphatic carboxylic acids is 1. The van der Waals surface area contributed by atoms with Gasteiger partial charge in [0.15, 0.2) is 0 Å². The molecule has 25 heavy (non-hydrogen) atoms. The number of amides is 2. The fourth-order valence-electron chi connectivity index (χ4n) is 4.32. The second kappa shape index (κ2) is 8.17. The number of rotatable bonds is 4. The number of carboxylic acids is 1. The van der Waals surface area contributed by atoms with Crippen molar-refractivity contribution in [2.75, 3.05) is 26.2 Å². The molecule has 0 bridgehead atoms. The minimum absolute atomic E-state index is 0.0249. The lowest BCUT2D eigenvalue weighted by Crippen LogP contribution is -2.48. The van der Waals surface area contributed by atoms with Crippen molar-refractivity contribution in [3.8, 4) is 0 Å². The molecule has 3 rings (SSSR count). The predicted octanol–water partition coefficient (Wildman–Crippen LogP) is 1.26. The smallest absolute Gasteiger partial charge is 0.306 e. The molecule has 2 atom stereocenters. The van der Waals surface area contributed by atoms with E-state index in [0.29, 0.717) is 26.2 Å². The van der Waals surface area contributed by atoms with Crippen molar-refractivity contribution in [1.29, 1.82) is 0 Å². The number of hydrogen-bond donors (Lipinski definition) is 1. The van der Waals surface area contributed by atoms with Crippen LogP contribution >= 0.6 is 0 Å². The Labute approximate surface area is 148 Å². The Kier molecular flexibility index (Phi) is 5.93. The third-order valence-corrected chi connectivity index (χ3v) is 5.63. The number of carbonyl (C=O) groups excluding carboxylic acids is 2. The van der Waals surface area contributed by atoms with Crippen LogP contribution in [0.4, 0.5) is 0 Å². The predicted molar refractivity (Wildman–Crippen MR) is 89.9 cm³/mol. The van der Waals surface area contributed by atoms with Gasteiger partial charge >= 0.3 is 5.97 Å². The molecule has 2 heterocycles. The van der Waals surface area contributed by atoms with E-state index in [0.717, 1.165) is 25.7 Å². The molecule has 0 aromatic heterocycles. The fraction of sp³-hybridized carbons (Fsp3) is 0.833. The molecule has 7 nitrogen and oxygen atoms in total. The highest BCUT2D eigenvalue weighted by Gasteiger charge is 2.40. The first-order chi connectivity index (χ1) is 12.0. The second-order valence-electron chi connectivity index (χ2n) is 7.47. The van der Waals surface area contributed by atoms with Gasteiger partial charge in [-0.3, -0.25) is 14.4 Å². The molecule has 1 saturated carbocycles. The molecular weight excluding hydrogens is 324 g/mol. The lowest BCUT2D eigenvalue weighted by Gasteiger charge is -2.34. The molecular formula is C18H28N2O5. The van der Waals surface area contributed by atoms with E-state index in [-0.39, 0.29) is 36.6 Å². The average molecular weight is 352 g/mol. The number of morpholine rings is 1. The van der Waals surface area contributed by atoms with Crippen LogP contribution in [0.15, 0.2) is 0 Å². The van der Waals surface area contributed by atoms with E-state index in [2.05, 4.69) is 0 Å². The number of likely N-dealkylation sites (tertiary alicyclic amines) is 1. The Bertz CT molecular complexity index is 516. The summed E-state index contributed by atoms with van der Waals surface area (Å²) in [6.45, 7) is 1.66. The van der Waals surface area contributed by atoms with Crippen LogP contribution in [0, 0.1) is 5.92 Å². The van der Waals surface area contributed by atoms with E-state index in [1.54, 1.807) is 4.90 Å². The summed E-state index contributed by atoms with van der Waals surface area (Å²) < 4.78 is 5.43. The maximum atomic E-state index is 12.8. The monoisotopic (exact) mass is 352 g/mol. The Morgan fingerprint density at radius 3 is 2.52 bits per heavy atom. The van der Waals surface area contributed by atoms with Crippen molar-refractivity contribution in [2.24, 2.45) is 5.92 Å². The zero-order chi connectivity index (χ0) is 17.8. The lowest BCUT2D eigenvalue weighted by atomic mass is 10.1. The molecule has 0 radical (unpaired) electrons. The van der Waals surface area contributed by atoms with Gasteiger partial charge in [-0.1, -0.05) is 25.7 Å². The van der Waals surface area contributed by atoms with Crippen LogP contribution in [-0.4, -0.2) is 71.1 Å². The molecule has 7 heteroatoms. The first kappa shape index (κ1) is 18.2. The van der Waals surface area contributed by atoms with Crippen LogP contribution in [0.3, 0.4) is 0 Å². The van der Waals surface area contributed by atoms with E-state index < -0.39 is 12.1 Å². The third-order valence-electron chi connectivity index (χ3n) is 5.63. The van der Waals surface area contributed by atoms with E-state index in [1.165, 1.54) is 12.8 Å². The molecule has 0 unspecified atom stereocenters. The first-order valence-corrected chi connectivity index (χ1v) is 9.46. The summed E-state index contributed by atoms with van der Waals surface area (Å²) in [5, 5.41) is 8.90. The molecule has 1 aliphatic carbocycles. The Morgan fingerprint density at radius 1 is 1.12 bits per heavy atom. The zero-order valence-electron chi connectivity index (χ0n) is 14.7. The number of hydrogen-bond acceptors (Lipinski definition) is 4. The highest BCUT2D eigenvalue weighted by molar-refractivity contribution is 5.89. The normalized spacial score (nSPS) is 28.9. The van der Waals surface area contributed by atoms with E-state index in [1.807, 2.05) is 4.90 Å².